The quantitative estimate of drug-likeness (QED) is 0.612. The molecular formula is C19H26ClNO4. The van der Waals surface area contributed by atoms with Gasteiger partial charge in [0.05, 0.1) is 0 Å². The number of esters is 1. The van der Waals surface area contributed by atoms with Gasteiger partial charge in [-0.25, -0.2) is 4.79 Å². The molecule has 1 aromatic carbocycles. The first kappa shape index (κ1) is 19.6. The summed E-state index contributed by atoms with van der Waals surface area (Å²) < 4.78 is 10.8. The molecule has 1 amide bonds. The standard InChI is InChI=1S/C19H26ClNO4/c1-19(2,25-16-11-9-14(20)10-12-16)18(23)24-13-17(22)21-15-7-5-3-4-6-8-15/h9-12,15H,3-8,13H2,1-2H3,(H,21,22). The molecule has 138 valence electrons. The summed E-state index contributed by atoms with van der Waals surface area (Å²) in [6.07, 6.45) is 6.68. The minimum atomic E-state index is -1.20. The van der Waals surface area contributed by atoms with Gasteiger partial charge < -0.3 is 14.8 Å². The van der Waals surface area contributed by atoms with Crippen molar-refractivity contribution in [1.29, 1.82) is 0 Å². The van der Waals surface area contributed by atoms with Crippen molar-refractivity contribution in [2.75, 3.05) is 6.61 Å². The van der Waals surface area contributed by atoms with Gasteiger partial charge in [0, 0.05) is 11.1 Å². The molecule has 0 bridgehead atoms. The van der Waals surface area contributed by atoms with Crippen LogP contribution in [0.4, 0.5) is 0 Å². The zero-order valence-corrected chi connectivity index (χ0v) is 15.6. The molecule has 0 spiro atoms. The van der Waals surface area contributed by atoms with Crippen molar-refractivity contribution in [3.05, 3.63) is 29.3 Å². The Hall–Kier alpha value is -1.75. The van der Waals surface area contributed by atoms with Gasteiger partial charge in [-0.1, -0.05) is 37.3 Å². The molecular weight excluding hydrogens is 342 g/mol. The van der Waals surface area contributed by atoms with Gasteiger partial charge in [0.2, 0.25) is 0 Å². The highest BCUT2D eigenvalue weighted by atomic mass is 35.5. The number of hydrogen-bond donors (Lipinski definition) is 1. The number of amides is 1. The fourth-order valence-electron chi connectivity index (χ4n) is 2.84. The molecule has 0 unspecified atom stereocenters. The summed E-state index contributed by atoms with van der Waals surface area (Å²) in [6.45, 7) is 2.92. The van der Waals surface area contributed by atoms with E-state index in [0.29, 0.717) is 10.8 Å². The van der Waals surface area contributed by atoms with Crippen LogP contribution in [0, 0.1) is 0 Å². The van der Waals surface area contributed by atoms with Crippen LogP contribution >= 0.6 is 11.6 Å². The fourth-order valence-corrected chi connectivity index (χ4v) is 2.96. The molecule has 0 saturated heterocycles. The number of carbonyl (C=O) groups excluding carboxylic acids is 2. The molecule has 0 heterocycles. The van der Waals surface area contributed by atoms with Gasteiger partial charge >= 0.3 is 5.97 Å². The highest BCUT2D eigenvalue weighted by Crippen LogP contribution is 2.22. The summed E-state index contributed by atoms with van der Waals surface area (Å²) >= 11 is 5.83. The van der Waals surface area contributed by atoms with Gasteiger partial charge in [-0.15, -0.1) is 0 Å². The first-order chi connectivity index (χ1) is 11.9. The van der Waals surface area contributed by atoms with E-state index in [4.69, 9.17) is 21.1 Å². The summed E-state index contributed by atoms with van der Waals surface area (Å²) in [6, 6.07) is 6.90. The minimum Gasteiger partial charge on any atom is -0.476 e. The molecule has 1 aliphatic carbocycles. The van der Waals surface area contributed by atoms with Crippen LogP contribution in [0.5, 0.6) is 5.75 Å². The molecule has 6 heteroatoms. The molecule has 25 heavy (non-hydrogen) atoms. The molecule has 0 atom stereocenters. The van der Waals surface area contributed by atoms with E-state index in [-0.39, 0.29) is 18.6 Å². The Bertz CT molecular complexity index is 578. The Morgan fingerprint density at radius 1 is 1.12 bits per heavy atom. The fraction of sp³-hybridized carbons (Fsp3) is 0.579. The van der Waals surface area contributed by atoms with Crippen molar-refractivity contribution in [3.8, 4) is 5.75 Å². The van der Waals surface area contributed by atoms with Crippen molar-refractivity contribution in [1.82, 2.24) is 5.32 Å². The first-order valence-electron chi connectivity index (χ1n) is 8.78. The minimum absolute atomic E-state index is 0.187. The number of carbonyl (C=O) groups is 2. The maximum atomic E-state index is 12.2. The zero-order chi connectivity index (χ0) is 18.3. The van der Waals surface area contributed by atoms with Crippen LogP contribution in [0.25, 0.3) is 0 Å². The summed E-state index contributed by atoms with van der Waals surface area (Å²) in [5.74, 6) is -0.338. The largest absolute Gasteiger partial charge is 0.476 e. The monoisotopic (exact) mass is 367 g/mol. The predicted octanol–water partition coefficient (Wildman–Crippen LogP) is 3.88. The topological polar surface area (TPSA) is 64.6 Å². The van der Waals surface area contributed by atoms with E-state index in [0.717, 1.165) is 25.7 Å². The van der Waals surface area contributed by atoms with Gasteiger partial charge in [-0.3, -0.25) is 4.79 Å². The Labute approximate surface area is 154 Å². The Morgan fingerprint density at radius 3 is 2.32 bits per heavy atom. The van der Waals surface area contributed by atoms with E-state index < -0.39 is 11.6 Å². The van der Waals surface area contributed by atoms with E-state index in [9.17, 15) is 9.59 Å². The van der Waals surface area contributed by atoms with Crippen LogP contribution in [0.15, 0.2) is 24.3 Å². The molecule has 0 radical (unpaired) electrons. The van der Waals surface area contributed by atoms with Gasteiger partial charge in [0.1, 0.15) is 5.75 Å². The van der Waals surface area contributed by atoms with E-state index in [1.165, 1.54) is 12.8 Å². The van der Waals surface area contributed by atoms with Crippen LogP contribution in [-0.2, 0) is 14.3 Å². The third kappa shape index (κ3) is 6.58. The van der Waals surface area contributed by atoms with E-state index in [2.05, 4.69) is 5.32 Å². The predicted molar refractivity (Wildman–Crippen MR) is 96.8 cm³/mol. The lowest BCUT2D eigenvalue weighted by molar-refractivity contribution is -0.162. The van der Waals surface area contributed by atoms with Crippen molar-refractivity contribution in [2.45, 2.75) is 64.0 Å². The van der Waals surface area contributed by atoms with Crippen LogP contribution in [0.3, 0.4) is 0 Å². The van der Waals surface area contributed by atoms with Crippen LogP contribution in [0.1, 0.15) is 52.4 Å². The number of halogens is 1. The molecule has 1 aromatic rings. The van der Waals surface area contributed by atoms with E-state index in [1.54, 1.807) is 38.1 Å². The molecule has 1 fully saturated rings. The third-order valence-electron chi connectivity index (χ3n) is 4.23. The second-order valence-corrected chi connectivity index (χ2v) is 7.33. The molecule has 0 aromatic heterocycles. The number of hydrogen-bond acceptors (Lipinski definition) is 4. The van der Waals surface area contributed by atoms with Crippen LogP contribution in [0.2, 0.25) is 5.02 Å². The molecule has 1 aliphatic rings. The smallest absolute Gasteiger partial charge is 0.350 e. The number of ether oxygens (including phenoxy) is 2. The SMILES string of the molecule is CC(C)(Oc1ccc(Cl)cc1)C(=O)OCC(=O)NC1CCCCCC1. The lowest BCUT2D eigenvalue weighted by Crippen LogP contribution is -2.43. The Kier molecular flexibility index (Phi) is 7.12. The van der Waals surface area contributed by atoms with Crippen molar-refractivity contribution < 1.29 is 19.1 Å². The van der Waals surface area contributed by atoms with Crippen molar-refractivity contribution >= 4 is 23.5 Å². The highest BCUT2D eigenvalue weighted by Gasteiger charge is 2.32. The summed E-state index contributed by atoms with van der Waals surface area (Å²) in [5.41, 5.74) is -1.20. The molecule has 1 N–H and O–H groups in total. The van der Waals surface area contributed by atoms with Gasteiger partial charge in [0.15, 0.2) is 12.2 Å². The van der Waals surface area contributed by atoms with Gasteiger partial charge in [-0.2, -0.15) is 0 Å². The lowest BCUT2D eigenvalue weighted by atomic mass is 10.1. The Morgan fingerprint density at radius 2 is 1.72 bits per heavy atom. The lowest BCUT2D eigenvalue weighted by Gasteiger charge is -2.24. The Balaban J connectivity index is 1.79. The van der Waals surface area contributed by atoms with Crippen LogP contribution < -0.4 is 10.1 Å². The zero-order valence-electron chi connectivity index (χ0n) is 14.8. The van der Waals surface area contributed by atoms with Crippen LogP contribution in [-0.4, -0.2) is 30.1 Å². The second-order valence-electron chi connectivity index (χ2n) is 6.90. The summed E-state index contributed by atoms with van der Waals surface area (Å²) in [4.78, 5) is 24.2. The summed E-state index contributed by atoms with van der Waals surface area (Å²) in [7, 11) is 0. The highest BCUT2D eigenvalue weighted by molar-refractivity contribution is 6.30. The molecule has 0 aliphatic heterocycles. The van der Waals surface area contributed by atoms with Gasteiger partial charge in [-0.05, 0) is 51.0 Å². The molecule has 1 saturated carbocycles. The van der Waals surface area contributed by atoms with Crippen molar-refractivity contribution in [2.24, 2.45) is 0 Å². The number of benzene rings is 1. The first-order valence-corrected chi connectivity index (χ1v) is 9.16. The van der Waals surface area contributed by atoms with E-state index in [1.807, 2.05) is 0 Å². The average Bonchev–Trinajstić information content (AvgIpc) is 2.83. The normalized spacial score (nSPS) is 16.0. The van der Waals surface area contributed by atoms with E-state index >= 15 is 0 Å². The molecule has 2 rings (SSSR count). The van der Waals surface area contributed by atoms with Gasteiger partial charge in [0.25, 0.3) is 5.91 Å². The van der Waals surface area contributed by atoms with Crippen molar-refractivity contribution in [3.63, 3.8) is 0 Å². The maximum absolute atomic E-state index is 12.2. The summed E-state index contributed by atoms with van der Waals surface area (Å²) in [5, 5.41) is 3.54. The third-order valence-corrected chi connectivity index (χ3v) is 4.48. The molecule has 5 nitrogen and oxygen atoms in total. The second kappa shape index (κ2) is 9.09. The maximum Gasteiger partial charge on any atom is 0.350 e. The number of nitrogens with one attached hydrogen (secondary N) is 1. The average molecular weight is 368 g/mol. The number of rotatable bonds is 6.